The Morgan fingerprint density at radius 1 is 1.24 bits per heavy atom. The maximum Gasteiger partial charge on any atom is 0.273 e. The molecule has 1 fully saturated rings. The number of hydrogen-bond acceptors (Lipinski definition) is 5. The predicted molar refractivity (Wildman–Crippen MR) is 117 cm³/mol. The summed E-state index contributed by atoms with van der Waals surface area (Å²) in [6.45, 7) is 6.23. The molecule has 0 radical (unpaired) electrons. The zero-order valence-corrected chi connectivity index (χ0v) is 17.9. The molecule has 1 N–H and O–H groups in total. The van der Waals surface area contributed by atoms with E-state index in [4.69, 9.17) is 4.98 Å². The summed E-state index contributed by atoms with van der Waals surface area (Å²) in [5.74, 6) is 0.0295. The molecule has 3 heterocycles. The minimum Gasteiger partial charge on any atom is -0.332 e. The van der Waals surface area contributed by atoms with Crippen molar-refractivity contribution in [1.29, 1.82) is 0 Å². The number of hydrogen-bond donors (Lipinski definition) is 1. The molecule has 2 aromatic heterocycles. The van der Waals surface area contributed by atoms with E-state index < -0.39 is 0 Å². The number of amides is 1. The van der Waals surface area contributed by atoms with E-state index in [1.165, 1.54) is 11.3 Å². The van der Waals surface area contributed by atoms with E-state index in [9.17, 15) is 4.79 Å². The van der Waals surface area contributed by atoms with E-state index in [0.717, 1.165) is 47.8 Å². The first-order valence-corrected chi connectivity index (χ1v) is 11.0. The number of aromatic nitrogens is 3. The first kappa shape index (κ1) is 19.8. The number of carbonyl (C=O) groups excluding carboxylic acids is 1. The van der Waals surface area contributed by atoms with Crippen molar-refractivity contribution in [2.24, 2.45) is 0 Å². The summed E-state index contributed by atoms with van der Waals surface area (Å²) in [4.78, 5) is 22.4. The van der Waals surface area contributed by atoms with Gasteiger partial charge in [0.2, 0.25) is 0 Å². The molecule has 1 amide bonds. The number of carbonyl (C=O) groups is 1. The summed E-state index contributed by atoms with van der Waals surface area (Å²) in [5.41, 5.74) is 3.34. The van der Waals surface area contributed by atoms with Crippen molar-refractivity contribution in [1.82, 2.24) is 25.0 Å². The lowest BCUT2D eigenvalue weighted by atomic mass is 10.0. The highest BCUT2D eigenvalue weighted by Crippen LogP contribution is 2.32. The lowest BCUT2D eigenvalue weighted by Crippen LogP contribution is -2.49. The molecule has 152 valence electrons. The summed E-state index contributed by atoms with van der Waals surface area (Å²) in [7, 11) is 2.14. The minimum absolute atomic E-state index is 0.0295. The monoisotopic (exact) mass is 409 g/mol. The highest BCUT2D eigenvalue weighted by molar-refractivity contribution is 7.13. The van der Waals surface area contributed by atoms with Crippen molar-refractivity contribution in [3.05, 3.63) is 47.6 Å². The van der Waals surface area contributed by atoms with E-state index in [2.05, 4.69) is 36.0 Å². The molecule has 0 spiro atoms. The van der Waals surface area contributed by atoms with Gasteiger partial charge in [-0.2, -0.15) is 5.10 Å². The van der Waals surface area contributed by atoms with Gasteiger partial charge in [-0.1, -0.05) is 30.3 Å². The van der Waals surface area contributed by atoms with Gasteiger partial charge in [0.25, 0.3) is 5.91 Å². The maximum atomic E-state index is 13.3. The Morgan fingerprint density at radius 3 is 2.66 bits per heavy atom. The number of rotatable bonds is 5. The van der Waals surface area contributed by atoms with Gasteiger partial charge < -0.3 is 9.80 Å². The van der Waals surface area contributed by atoms with Crippen molar-refractivity contribution < 1.29 is 4.79 Å². The third-order valence-electron chi connectivity index (χ3n) is 5.51. The molecule has 29 heavy (non-hydrogen) atoms. The highest BCUT2D eigenvalue weighted by atomic mass is 32.1. The molecule has 4 rings (SSSR count). The molecule has 1 aliphatic rings. The van der Waals surface area contributed by atoms with Crippen LogP contribution in [0.1, 0.15) is 37.2 Å². The highest BCUT2D eigenvalue weighted by Gasteiger charge is 2.31. The topological polar surface area (TPSA) is 65.1 Å². The predicted octanol–water partition coefficient (Wildman–Crippen LogP) is 4.15. The standard InChI is InChI=1S/C22H27N5OS/c1-15(2)27(17-9-11-26(3)12-10-17)22(28)19-14-29-21(24-19)18-13-23-25-20(18)16-7-5-4-6-8-16/h4-8,13-15,17H,9-12H2,1-3H3,(H,23,25). The first-order valence-electron chi connectivity index (χ1n) is 10.1. The lowest BCUT2D eigenvalue weighted by molar-refractivity contribution is 0.0501. The molecule has 0 unspecified atom stereocenters. The second kappa shape index (κ2) is 8.47. The van der Waals surface area contributed by atoms with Crippen LogP contribution >= 0.6 is 11.3 Å². The molecule has 0 atom stereocenters. The van der Waals surface area contributed by atoms with Crippen molar-refractivity contribution in [3.63, 3.8) is 0 Å². The second-order valence-corrected chi connectivity index (χ2v) is 8.75. The normalized spacial score (nSPS) is 15.7. The van der Waals surface area contributed by atoms with Crippen LogP contribution in [0, 0.1) is 0 Å². The third-order valence-corrected chi connectivity index (χ3v) is 6.39. The van der Waals surface area contributed by atoms with Gasteiger partial charge in [0, 0.05) is 29.2 Å². The Balaban J connectivity index is 1.59. The van der Waals surface area contributed by atoms with Crippen molar-refractivity contribution in [2.75, 3.05) is 20.1 Å². The number of thiazole rings is 1. The molecular formula is C22H27N5OS. The molecular weight excluding hydrogens is 382 g/mol. The van der Waals surface area contributed by atoms with Crippen molar-refractivity contribution in [2.45, 2.75) is 38.8 Å². The molecule has 0 bridgehead atoms. The Hall–Kier alpha value is -2.51. The van der Waals surface area contributed by atoms with Gasteiger partial charge in [0.15, 0.2) is 0 Å². The van der Waals surface area contributed by atoms with Crippen LogP contribution in [0.5, 0.6) is 0 Å². The van der Waals surface area contributed by atoms with Gasteiger partial charge >= 0.3 is 0 Å². The summed E-state index contributed by atoms with van der Waals surface area (Å²) in [6.07, 6.45) is 3.88. The van der Waals surface area contributed by atoms with Gasteiger partial charge in [-0.3, -0.25) is 9.89 Å². The average Bonchev–Trinajstić information content (AvgIpc) is 3.39. The van der Waals surface area contributed by atoms with Crippen LogP contribution in [0.4, 0.5) is 0 Å². The van der Waals surface area contributed by atoms with E-state index in [-0.39, 0.29) is 18.0 Å². The molecule has 0 aliphatic carbocycles. The Labute approximate surface area is 175 Å². The molecule has 6 nitrogen and oxygen atoms in total. The van der Waals surface area contributed by atoms with Crippen LogP contribution in [0.2, 0.25) is 0 Å². The van der Waals surface area contributed by atoms with E-state index >= 15 is 0 Å². The Kier molecular flexibility index (Phi) is 5.78. The van der Waals surface area contributed by atoms with Gasteiger partial charge in [-0.25, -0.2) is 4.98 Å². The van der Waals surface area contributed by atoms with Crippen LogP contribution in [-0.4, -0.2) is 63.1 Å². The fraction of sp³-hybridized carbons (Fsp3) is 0.409. The summed E-state index contributed by atoms with van der Waals surface area (Å²) in [6, 6.07) is 10.5. The third kappa shape index (κ3) is 4.11. The molecule has 1 saturated heterocycles. The van der Waals surface area contributed by atoms with Gasteiger partial charge in [-0.15, -0.1) is 11.3 Å². The number of likely N-dealkylation sites (tertiary alicyclic amines) is 1. The number of piperidine rings is 1. The van der Waals surface area contributed by atoms with Gasteiger partial charge in [0.05, 0.1) is 5.56 Å². The van der Waals surface area contributed by atoms with E-state index in [1.807, 2.05) is 46.8 Å². The molecule has 1 aromatic carbocycles. The second-order valence-electron chi connectivity index (χ2n) is 7.89. The number of H-pyrrole nitrogens is 1. The Bertz CT molecular complexity index is 957. The zero-order valence-electron chi connectivity index (χ0n) is 17.1. The number of nitrogens with zero attached hydrogens (tertiary/aromatic N) is 4. The van der Waals surface area contributed by atoms with Gasteiger partial charge in [0.1, 0.15) is 16.4 Å². The summed E-state index contributed by atoms with van der Waals surface area (Å²) >= 11 is 1.49. The van der Waals surface area contributed by atoms with E-state index in [0.29, 0.717) is 5.69 Å². The fourth-order valence-electron chi connectivity index (χ4n) is 3.99. The molecule has 1 aliphatic heterocycles. The van der Waals surface area contributed by atoms with Crippen LogP contribution < -0.4 is 0 Å². The number of nitrogens with one attached hydrogen (secondary N) is 1. The molecule has 3 aromatic rings. The quantitative estimate of drug-likeness (QED) is 0.688. The largest absolute Gasteiger partial charge is 0.332 e. The molecule has 7 heteroatoms. The maximum absolute atomic E-state index is 13.3. The molecule has 0 saturated carbocycles. The Morgan fingerprint density at radius 2 is 1.97 bits per heavy atom. The fourth-order valence-corrected chi connectivity index (χ4v) is 4.80. The SMILES string of the molecule is CC(C)N(C(=O)c1csc(-c2c[nH]nc2-c2ccccc2)n1)C1CCN(C)CC1. The van der Waals surface area contributed by atoms with Crippen LogP contribution in [0.15, 0.2) is 41.9 Å². The lowest BCUT2D eigenvalue weighted by Gasteiger charge is -2.39. The van der Waals surface area contributed by atoms with Crippen LogP contribution in [0.25, 0.3) is 21.8 Å². The minimum atomic E-state index is 0.0295. The van der Waals surface area contributed by atoms with Crippen LogP contribution in [0.3, 0.4) is 0 Å². The summed E-state index contributed by atoms with van der Waals surface area (Å²) in [5, 5.41) is 10.0. The summed E-state index contributed by atoms with van der Waals surface area (Å²) < 4.78 is 0. The first-order chi connectivity index (χ1) is 14.0. The van der Waals surface area contributed by atoms with E-state index in [1.54, 1.807) is 0 Å². The zero-order chi connectivity index (χ0) is 20.4. The smallest absolute Gasteiger partial charge is 0.273 e. The van der Waals surface area contributed by atoms with Gasteiger partial charge in [-0.05, 0) is 46.8 Å². The van der Waals surface area contributed by atoms with Crippen molar-refractivity contribution >= 4 is 17.2 Å². The number of aromatic amines is 1. The van der Waals surface area contributed by atoms with Crippen molar-refractivity contribution in [3.8, 4) is 21.8 Å². The average molecular weight is 410 g/mol. The van der Waals surface area contributed by atoms with Crippen LogP contribution in [-0.2, 0) is 0 Å². The number of benzene rings is 1.